The summed E-state index contributed by atoms with van der Waals surface area (Å²) in [4.78, 5) is 30.7. The van der Waals surface area contributed by atoms with Crippen molar-refractivity contribution in [2.24, 2.45) is 5.92 Å². The molecule has 2 atom stereocenters. The zero-order valence-electron chi connectivity index (χ0n) is 13.9. The zero-order chi connectivity index (χ0) is 16.6. The van der Waals surface area contributed by atoms with Crippen molar-refractivity contribution < 1.29 is 9.59 Å². The largest absolute Gasteiger partial charge is 0.323 e. The van der Waals surface area contributed by atoms with Crippen molar-refractivity contribution in [1.82, 2.24) is 20.5 Å². The van der Waals surface area contributed by atoms with E-state index in [1.165, 1.54) is 5.01 Å². The highest BCUT2D eigenvalue weighted by Crippen LogP contribution is 2.30. The lowest BCUT2D eigenvalue weighted by Crippen LogP contribution is -2.55. The Morgan fingerprint density at radius 3 is 2.87 bits per heavy atom. The van der Waals surface area contributed by atoms with Crippen LogP contribution in [0.1, 0.15) is 50.2 Å². The van der Waals surface area contributed by atoms with Gasteiger partial charge in [-0.2, -0.15) is 0 Å². The first-order valence-electron chi connectivity index (χ1n) is 8.18. The zero-order valence-corrected chi connectivity index (χ0v) is 14.7. The molecule has 7 heteroatoms. The number of carbonyl (C=O) groups excluding carboxylic acids is 2. The molecular formula is C16H24N4O2S. The smallest absolute Gasteiger partial charge is 0.322 e. The number of aromatic nitrogens is 1. The molecule has 0 unspecified atom stereocenters. The molecule has 0 radical (unpaired) electrons. The summed E-state index contributed by atoms with van der Waals surface area (Å²) in [6.07, 6.45) is 1.99. The van der Waals surface area contributed by atoms with Gasteiger partial charge in [0.15, 0.2) is 0 Å². The Labute approximate surface area is 140 Å². The molecule has 23 heavy (non-hydrogen) atoms. The van der Waals surface area contributed by atoms with Crippen LogP contribution in [0.25, 0.3) is 0 Å². The SMILES string of the molecule is CC(C)c1nc(CN2CCC[C@H]([C@@]3(C)NC(=O)NC3=O)C2)cs1. The van der Waals surface area contributed by atoms with Gasteiger partial charge in [-0.05, 0) is 26.3 Å². The molecule has 3 rings (SSSR count). The van der Waals surface area contributed by atoms with Gasteiger partial charge in [0.2, 0.25) is 0 Å². The third-order valence-electron chi connectivity index (χ3n) is 4.84. The maximum absolute atomic E-state index is 12.1. The molecule has 3 heterocycles. The van der Waals surface area contributed by atoms with E-state index in [1.54, 1.807) is 11.3 Å². The van der Waals surface area contributed by atoms with Crippen molar-refractivity contribution in [2.45, 2.75) is 51.6 Å². The van der Waals surface area contributed by atoms with E-state index in [0.29, 0.717) is 5.92 Å². The molecule has 0 aliphatic carbocycles. The van der Waals surface area contributed by atoms with E-state index in [2.05, 4.69) is 34.8 Å². The molecular weight excluding hydrogens is 312 g/mol. The van der Waals surface area contributed by atoms with Crippen LogP contribution in [0.5, 0.6) is 0 Å². The summed E-state index contributed by atoms with van der Waals surface area (Å²) in [6.45, 7) is 8.77. The van der Waals surface area contributed by atoms with Crippen molar-refractivity contribution >= 4 is 23.3 Å². The molecule has 1 aromatic heterocycles. The summed E-state index contributed by atoms with van der Waals surface area (Å²) >= 11 is 1.71. The fourth-order valence-electron chi connectivity index (χ4n) is 3.40. The van der Waals surface area contributed by atoms with Crippen LogP contribution in [0.3, 0.4) is 0 Å². The average molecular weight is 336 g/mol. The Balaban J connectivity index is 1.66. The van der Waals surface area contributed by atoms with Gasteiger partial charge in [-0.3, -0.25) is 15.0 Å². The van der Waals surface area contributed by atoms with E-state index >= 15 is 0 Å². The van der Waals surface area contributed by atoms with Gasteiger partial charge < -0.3 is 5.32 Å². The number of urea groups is 1. The number of hydrogen-bond acceptors (Lipinski definition) is 5. The Morgan fingerprint density at radius 1 is 1.48 bits per heavy atom. The summed E-state index contributed by atoms with van der Waals surface area (Å²) in [5.74, 6) is 0.384. The minimum Gasteiger partial charge on any atom is -0.323 e. The molecule has 2 aliphatic rings. The molecule has 3 amide bonds. The van der Waals surface area contributed by atoms with E-state index in [4.69, 9.17) is 4.98 Å². The van der Waals surface area contributed by atoms with Gasteiger partial charge in [-0.15, -0.1) is 11.3 Å². The second-order valence-electron chi connectivity index (χ2n) is 7.02. The van der Waals surface area contributed by atoms with Gasteiger partial charge in [-0.25, -0.2) is 9.78 Å². The first-order chi connectivity index (χ1) is 10.9. The van der Waals surface area contributed by atoms with Gasteiger partial charge >= 0.3 is 6.03 Å². The van der Waals surface area contributed by atoms with Crippen LogP contribution in [-0.4, -0.2) is 40.5 Å². The number of hydrogen-bond donors (Lipinski definition) is 2. The maximum Gasteiger partial charge on any atom is 0.322 e. The van der Waals surface area contributed by atoms with Crippen LogP contribution in [0.4, 0.5) is 4.79 Å². The van der Waals surface area contributed by atoms with Gasteiger partial charge in [0.1, 0.15) is 5.54 Å². The van der Waals surface area contributed by atoms with Crippen molar-refractivity contribution in [2.75, 3.05) is 13.1 Å². The normalized spacial score (nSPS) is 29.0. The number of piperidine rings is 1. The van der Waals surface area contributed by atoms with Crippen LogP contribution in [0.15, 0.2) is 5.38 Å². The van der Waals surface area contributed by atoms with Gasteiger partial charge in [-0.1, -0.05) is 13.8 Å². The molecule has 0 aromatic carbocycles. The highest BCUT2D eigenvalue weighted by molar-refractivity contribution is 7.09. The number of thiazole rings is 1. The van der Waals surface area contributed by atoms with E-state index in [0.717, 1.165) is 38.2 Å². The third-order valence-corrected chi connectivity index (χ3v) is 6.04. The van der Waals surface area contributed by atoms with Crippen molar-refractivity contribution in [3.05, 3.63) is 16.1 Å². The Morgan fingerprint density at radius 2 is 2.26 bits per heavy atom. The molecule has 2 aliphatic heterocycles. The van der Waals surface area contributed by atoms with E-state index < -0.39 is 5.54 Å². The van der Waals surface area contributed by atoms with Crippen molar-refractivity contribution in [3.63, 3.8) is 0 Å². The maximum atomic E-state index is 12.1. The predicted molar refractivity (Wildman–Crippen MR) is 89.3 cm³/mol. The van der Waals surface area contributed by atoms with E-state index in [9.17, 15) is 9.59 Å². The summed E-state index contributed by atoms with van der Waals surface area (Å²) in [7, 11) is 0. The van der Waals surface area contributed by atoms with Crippen LogP contribution in [-0.2, 0) is 11.3 Å². The first-order valence-corrected chi connectivity index (χ1v) is 9.06. The molecule has 126 valence electrons. The minimum atomic E-state index is -0.791. The second-order valence-corrected chi connectivity index (χ2v) is 7.91. The van der Waals surface area contributed by atoms with E-state index in [-0.39, 0.29) is 17.9 Å². The number of imide groups is 1. The standard InChI is InChI=1S/C16H24N4O2S/c1-10(2)13-17-12(9-23-13)8-20-6-4-5-11(7-20)16(3)14(21)18-15(22)19-16/h9-11H,4-8H2,1-3H3,(H2,18,19,21,22)/t11-,16+/m0/s1. The van der Waals surface area contributed by atoms with Gasteiger partial charge in [0, 0.05) is 30.3 Å². The predicted octanol–water partition coefficient (Wildman–Crippen LogP) is 2.08. The first kappa shape index (κ1) is 16.4. The number of nitrogens with zero attached hydrogens (tertiary/aromatic N) is 2. The molecule has 2 saturated heterocycles. The fraction of sp³-hybridized carbons (Fsp3) is 0.688. The number of carbonyl (C=O) groups is 2. The number of likely N-dealkylation sites (tertiary alicyclic amines) is 1. The number of rotatable bonds is 4. The lowest BCUT2D eigenvalue weighted by molar-refractivity contribution is -0.126. The number of amides is 3. The molecule has 1 aromatic rings. The van der Waals surface area contributed by atoms with Gasteiger partial charge in [0.25, 0.3) is 5.91 Å². The summed E-state index contributed by atoms with van der Waals surface area (Å²) in [5.41, 5.74) is 0.311. The number of nitrogens with one attached hydrogen (secondary N) is 2. The van der Waals surface area contributed by atoms with Crippen LogP contribution in [0.2, 0.25) is 0 Å². The monoisotopic (exact) mass is 336 g/mol. The minimum absolute atomic E-state index is 0.130. The van der Waals surface area contributed by atoms with E-state index in [1.807, 2.05) is 6.92 Å². The second kappa shape index (κ2) is 6.20. The topological polar surface area (TPSA) is 74.3 Å². The quantitative estimate of drug-likeness (QED) is 0.826. The summed E-state index contributed by atoms with van der Waals surface area (Å²) in [5, 5.41) is 8.48. The van der Waals surface area contributed by atoms with Gasteiger partial charge in [0.05, 0.1) is 10.7 Å². The Bertz CT molecular complexity index is 615. The average Bonchev–Trinajstić information content (AvgIpc) is 3.05. The fourth-order valence-corrected chi connectivity index (χ4v) is 4.23. The molecule has 0 spiro atoms. The highest BCUT2D eigenvalue weighted by Gasteiger charge is 2.48. The molecule has 0 bridgehead atoms. The lowest BCUT2D eigenvalue weighted by Gasteiger charge is -2.39. The summed E-state index contributed by atoms with van der Waals surface area (Å²) in [6, 6.07) is -0.379. The van der Waals surface area contributed by atoms with Crippen LogP contribution in [0, 0.1) is 5.92 Å². The Hall–Kier alpha value is -1.47. The molecule has 2 N–H and O–H groups in total. The molecule has 2 fully saturated rings. The molecule has 0 saturated carbocycles. The van der Waals surface area contributed by atoms with Crippen molar-refractivity contribution in [1.29, 1.82) is 0 Å². The lowest BCUT2D eigenvalue weighted by atomic mass is 9.80. The summed E-state index contributed by atoms with van der Waals surface area (Å²) < 4.78 is 0. The third kappa shape index (κ3) is 3.26. The van der Waals surface area contributed by atoms with Crippen LogP contribution < -0.4 is 10.6 Å². The Kier molecular flexibility index (Phi) is 4.42. The van der Waals surface area contributed by atoms with Crippen molar-refractivity contribution in [3.8, 4) is 0 Å². The van der Waals surface area contributed by atoms with Crippen LogP contribution >= 0.6 is 11.3 Å². The highest BCUT2D eigenvalue weighted by atomic mass is 32.1. The molecule has 6 nitrogen and oxygen atoms in total.